The first kappa shape index (κ1) is 24.1. The Morgan fingerprint density at radius 3 is 2.16 bits per heavy atom. The Bertz CT molecular complexity index is 932. The van der Waals surface area contributed by atoms with Crippen LogP contribution >= 0.6 is 11.8 Å². The highest BCUT2D eigenvalue weighted by Crippen LogP contribution is 2.30. The molecule has 2 N–H and O–H groups in total. The first-order chi connectivity index (χ1) is 15.7. The van der Waals surface area contributed by atoms with Crippen molar-refractivity contribution in [3.05, 3.63) is 96.1 Å². The van der Waals surface area contributed by atoms with Gasteiger partial charge >= 0.3 is 0 Å². The average molecular weight is 450 g/mol. The molecule has 4 nitrogen and oxygen atoms in total. The average Bonchev–Trinajstić information content (AvgIpc) is 2.84. The minimum Gasteiger partial charge on any atom is -0.386 e. The molecule has 5 heteroatoms. The molecule has 168 valence electrons. The van der Waals surface area contributed by atoms with Crippen molar-refractivity contribution in [1.82, 2.24) is 5.48 Å². The van der Waals surface area contributed by atoms with Gasteiger partial charge in [0.1, 0.15) is 12.2 Å². The molecule has 0 bridgehead atoms. The molecular weight excluding hydrogens is 418 g/mol. The Balaban J connectivity index is 1.63. The van der Waals surface area contributed by atoms with Crippen molar-refractivity contribution in [3.8, 4) is 0 Å². The number of rotatable bonds is 12. The molecule has 0 heterocycles. The van der Waals surface area contributed by atoms with Crippen molar-refractivity contribution in [2.24, 2.45) is 0 Å². The third-order valence-electron chi connectivity index (χ3n) is 5.23. The lowest BCUT2D eigenvalue weighted by atomic mass is 9.99. The van der Waals surface area contributed by atoms with Crippen molar-refractivity contribution in [3.63, 3.8) is 0 Å². The van der Waals surface area contributed by atoms with Crippen molar-refractivity contribution in [1.29, 1.82) is 0 Å². The number of amides is 1. The van der Waals surface area contributed by atoms with E-state index in [4.69, 9.17) is 4.84 Å². The molecule has 0 radical (unpaired) electrons. The van der Waals surface area contributed by atoms with Gasteiger partial charge in [0, 0.05) is 15.4 Å². The second-order valence-corrected chi connectivity index (χ2v) is 8.88. The van der Waals surface area contributed by atoms with Gasteiger partial charge in [-0.25, -0.2) is 5.48 Å². The van der Waals surface area contributed by atoms with Gasteiger partial charge in [0.15, 0.2) is 0 Å². The summed E-state index contributed by atoms with van der Waals surface area (Å²) in [7, 11) is 0. The fourth-order valence-corrected chi connectivity index (χ4v) is 4.24. The second kappa shape index (κ2) is 13.1. The van der Waals surface area contributed by atoms with Gasteiger partial charge in [-0.2, -0.15) is 0 Å². The Labute approximate surface area is 195 Å². The fraction of sp³-hybridized carbons (Fsp3) is 0.296. The number of nitrogens with one attached hydrogen (secondary N) is 1. The largest absolute Gasteiger partial charge is 0.386 e. The van der Waals surface area contributed by atoms with Crippen LogP contribution in [0.4, 0.5) is 0 Å². The summed E-state index contributed by atoms with van der Waals surface area (Å²) in [5, 5.41) is 11.0. The molecule has 32 heavy (non-hydrogen) atoms. The molecule has 0 aliphatic heterocycles. The molecule has 0 spiro atoms. The lowest BCUT2D eigenvalue weighted by Crippen LogP contribution is -2.33. The monoisotopic (exact) mass is 449 g/mol. The predicted molar refractivity (Wildman–Crippen MR) is 130 cm³/mol. The van der Waals surface area contributed by atoms with Crippen molar-refractivity contribution in [2.45, 2.75) is 61.0 Å². The highest BCUT2D eigenvalue weighted by molar-refractivity contribution is 7.99. The van der Waals surface area contributed by atoms with Crippen molar-refractivity contribution in [2.75, 3.05) is 0 Å². The number of aliphatic hydroxyl groups is 1. The van der Waals surface area contributed by atoms with Crippen molar-refractivity contribution < 1.29 is 14.7 Å². The molecule has 0 aliphatic rings. The minimum absolute atomic E-state index is 0.314. The first-order valence-corrected chi connectivity index (χ1v) is 12.0. The van der Waals surface area contributed by atoms with Crippen LogP contribution in [0.15, 0.2) is 94.7 Å². The van der Waals surface area contributed by atoms with E-state index in [2.05, 4.69) is 24.5 Å². The van der Waals surface area contributed by atoms with E-state index < -0.39 is 12.2 Å². The molecule has 0 saturated heterocycles. The highest BCUT2D eigenvalue weighted by Gasteiger charge is 2.23. The number of hydrogen-bond acceptors (Lipinski definition) is 4. The van der Waals surface area contributed by atoms with Crippen LogP contribution in [0.5, 0.6) is 0 Å². The van der Waals surface area contributed by atoms with E-state index in [-0.39, 0.29) is 5.91 Å². The summed E-state index contributed by atoms with van der Waals surface area (Å²) >= 11 is 1.68. The Kier molecular flexibility index (Phi) is 9.82. The van der Waals surface area contributed by atoms with Crippen LogP contribution in [0.3, 0.4) is 0 Å². The Morgan fingerprint density at radius 1 is 0.875 bits per heavy atom. The summed E-state index contributed by atoms with van der Waals surface area (Å²) in [5.74, 6) is -0.314. The lowest BCUT2D eigenvalue weighted by molar-refractivity contribution is -0.0814. The van der Waals surface area contributed by atoms with E-state index in [9.17, 15) is 9.90 Å². The van der Waals surface area contributed by atoms with Crippen LogP contribution in [-0.2, 0) is 4.84 Å². The van der Waals surface area contributed by atoms with Gasteiger partial charge in [-0.3, -0.25) is 9.63 Å². The second-order valence-electron chi connectivity index (χ2n) is 7.73. The highest BCUT2D eigenvalue weighted by atomic mass is 32.2. The van der Waals surface area contributed by atoms with E-state index in [0.717, 1.165) is 36.1 Å². The number of unbranched alkanes of at least 4 members (excludes halogenated alkanes) is 3. The number of carbonyl (C=O) groups is 1. The fourth-order valence-electron chi connectivity index (χ4n) is 3.40. The number of aliphatic hydroxyl groups excluding tert-OH is 1. The lowest BCUT2D eigenvalue weighted by Gasteiger charge is -2.23. The third kappa shape index (κ3) is 7.52. The summed E-state index contributed by atoms with van der Waals surface area (Å²) in [6.45, 7) is 2.16. The van der Waals surface area contributed by atoms with Crippen molar-refractivity contribution >= 4 is 17.7 Å². The summed E-state index contributed by atoms with van der Waals surface area (Å²) in [6.07, 6.45) is 3.59. The molecule has 2 atom stereocenters. The summed E-state index contributed by atoms with van der Waals surface area (Å²) in [6, 6.07) is 27.0. The number of hydroxylamine groups is 1. The van der Waals surface area contributed by atoms with Gasteiger partial charge in [0.25, 0.3) is 5.91 Å². The van der Waals surface area contributed by atoms with Crippen LogP contribution < -0.4 is 5.48 Å². The molecule has 3 aromatic rings. The molecule has 3 rings (SSSR count). The van der Waals surface area contributed by atoms with Crippen LogP contribution in [0, 0.1) is 0 Å². The zero-order chi connectivity index (χ0) is 22.6. The van der Waals surface area contributed by atoms with E-state index in [1.165, 1.54) is 4.90 Å². The number of hydrogen-bond donors (Lipinski definition) is 2. The molecule has 0 aromatic heterocycles. The van der Waals surface area contributed by atoms with E-state index in [0.29, 0.717) is 12.0 Å². The van der Waals surface area contributed by atoms with Gasteiger partial charge in [-0.05, 0) is 48.4 Å². The van der Waals surface area contributed by atoms with Gasteiger partial charge in [0.05, 0.1) is 0 Å². The molecule has 0 fully saturated rings. The standard InChI is InChI=1S/C27H31NO3S/c1-2-3-4-11-16-25(31-28-27(30)22-12-7-5-8-13-22)26(29)21-17-19-24(20-18-21)32-23-14-9-6-10-15-23/h5-10,12-15,17-20,25-26,29H,2-4,11,16H2,1H3,(H,28,30). The molecule has 0 saturated carbocycles. The van der Waals surface area contributed by atoms with E-state index >= 15 is 0 Å². The quantitative estimate of drug-likeness (QED) is 0.242. The maximum absolute atomic E-state index is 12.4. The SMILES string of the molecule is CCCCCCC(ONC(=O)c1ccccc1)C(O)c1ccc(Sc2ccccc2)cc1. The predicted octanol–water partition coefficient (Wildman–Crippen LogP) is 6.57. The molecule has 1 amide bonds. The normalized spacial score (nSPS) is 12.8. The third-order valence-corrected chi connectivity index (χ3v) is 6.25. The zero-order valence-electron chi connectivity index (χ0n) is 18.4. The topological polar surface area (TPSA) is 58.6 Å². The van der Waals surface area contributed by atoms with Crippen LogP contribution in [0.2, 0.25) is 0 Å². The Morgan fingerprint density at radius 2 is 1.50 bits per heavy atom. The van der Waals surface area contributed by atoms with Crippen LogP contribution in [0.1, 0.15) is 61.1 Å². The van der Waals surface area contributed by atoms with E-state index in [1.54, 1.807) is 36.0 Å². The molecular formula is C27H31NO3S. The van der Waals surface area contributed by atoms with Gasteiger partial charge in [-0.1, -0.05) is 92.9 Å². The molecule has 0 aliphatic carbocycles. The summed E-state index contributed by atoms with van der Waals surface area (Å²) in [4.78, 5) is 20.4. The maximum Gasteiger partial charge on any atom is 0.274 e. The number of carbonyl (C=O) groups excluding carboxylic acids is 1. The summed E-state index contributed by atoms with van der Waals surface area (Å²) in [5.41, 5.74) is 3.83. The minimum atomic E-state index is -0.830. The van der Waals surface area contributed by atoms with E-state index in [1.807, 2.05) is 48.5 Å². The molecule has 3 aromatic carbocycles. The van der Waals surface area contributed by atoms with Crippen LogP contribution in [-0.4, -0.2) is 17.1 Å². The number of benzene rings is 3. The van der Waals surface area contributed by atoms with Crippen LogP contribution in [0.25, 0.3) is 0 Å². The Hall–Kier alpha value is -2.60. The zero-order valence-corrected chi connectivity index (χ0v) is 19.3. The molecule has 2 unspecified atom stereocenters. The smallest absolute Gasteiger partial charge is 0.274 e. The summed E-state index contributed by atoms with van der Waals surface area (Å²) < 4.78 is 0. The van der Waals surface area contributed by atoms with Gasteiger partial charge < -0.3 is 5.11 Å². The maximum atomic E-state index is 12.4. The first-order valence-electron chi connectivity index (χ1n) is 11.2. The van der Waals surface area contributed by atoms with Gasteiger partial charge in [-0.15, -0.1) is 0 Å². The van der Waals surface area contributed by atoms with Gasteiger partial charge in [0.2, 0.25) is 0 Å².